The summed E-state index contributed by atoms with van der Waals surface area (Å²) in [5, 5.41) is 8.64. The maximum atomic E-state index is 11.8. The average Bonchev–Trinajstić information content (AvgIpc) is 2.25. The van der Waals surface area contributed by atoms with E-state index >= 15 is 0 Å². The first kappa shape index (κ1) is 15.5. The van der Waals surface area contributed by atoms with Crippen LogP contribution in [0.1, 0.15) is 25.0 Å². The Kier molecular flexibility index (Phi) is 5.40. The zero-order valence-corrected chi connectivity index (χ0v) is 12.2. The Bertz CT molecular complexity index is 595. The van der Waals surface area contributed by atoms with E-state index in [1.165, 1.54) is 0 Å². The van der Waals surface area contributed by atoms with E-state index in [-0.39, 0.29) is 18.3 Å². The Morgan fingerprint density at radius 1 is 1.37 bits per heavy atom. The predicted octanol–water partition coefficient (Wildman–Crippen LogP) is 1.74. The number of aryl methyl sites for hydroxylation is 1. The first-order valence-corrected chi connectivity index (χ1v) is 7.70. The van der Waals surface area contributed by atoms with Crippen LogP contribution < -0.4 is 4.72 Å². The van der Waals surface area contributed by atoms with Gasteiger partial charge in [-0.25, -0.2) is 8.42 Å². The lowest BCUT2D eigenvalue weighted by Crippen LogP contribution is -2.20. The molecule has 0 aliphatic heterocycles. The highest BCUT2D eigenvalue weighted by molar-refractivity contribution is 7.92. The van der Waals surface area contributed by atoms with Crippen molar-refractivity contribution in [1.29, 1.82) is 0 Å². The number of rotatable bonds is 4. The van der Waals surface area contributed by atoms with Gasteiger partial charge in [-0.3, -0.25) is 4.72 Å². The van der Waals surface area contributed by atoms with Gasteiger partial charge < -0.3 is 5.11 Å². The van der Waals surface area contributed by atoms with Crippen molar-refractivity contribution in [3.8, 4) is 11.8 Å². The predicted molar refractivity (Wildman–Crippen MR) is 77.4 cm³/mol. The van der Waals surface area contributed by atoms with Crippen LogP contribution in [0.2, 0.25) is 0 Å². The van der Waals surface area contributed by atoms with Gasteiger partial charge >= 0.3 is 0 Å². The van der Waals surface area contributed by atoms with E-state index in [0.717, 1.165) is 11.1 Å². The summed E-state index contributed by atoms with van der Waals surface area (Å²) >= 11 is 0. The molecular weight excluding hydrogens is 262 g/mol. The lowest BCUT2D eigenvalue weighted by atomic mass is 10.1. The molecule has 19 heavy (non-hydrogen) atoms. The molecule has 1 aromatic carbocycles. The molecule has 0 saturated heterocycles. The fraction of sp³-hybridized carbons (Fsp3) is 0.429. The number of aliphatic hydroxyl groups is 1. The van der Waals surface area contributed by atoms with Gasteiger partial charge in [-0.2, -0.15) is 0 Å². The van der Waals surface area contributed by atoms with Gasteiger partial charge in [-0.1, -0.05) is 25.7 Å². The monoisotopic (exact) mass is 281 g/mol. The van der Waals surface area contributed by atoms with Crippen LogP contribution >= 0.6 is 0 Å². The van der Waals surface area contributed by atoms with Crippen LogP contribution in [0.25, 0.3) is 0 Å². The normalized spacial score (nSPS) is 11.0. The topological polar surface area (TPSA) is 66.4 Å². The Morgan fingerprint density at radius 2 is 2.05 bits per heavy atom. The van der Waals surface area contributed by atoms with Crippen molar-refractivity contribution in [2.45, 2.75) is 20.8 Å². The summed E-state index contributed by atoms with van der Waals surface area (Å²) in [6.45, 7) is 5.37. The summed E-state index contributed by atoms with van der Waals surface area (Å²) < 4.78 is 26.2. The molecular formula is C14H19NO3S. The van der Waals surface area contributed by atoms with Gasteiger partial charge in [0.05, 0.1) is 5.75 Å². The molecule has 5 heteroatoms. The summed E-state index contributed by atoms with van der Waals surface area (Å²) in [5.41, 5.74) is 2.18. The lowest BCUT2D eigenvalue weighted by molar-refractivity contribution is 0.350. The summed E-state index contributed by atoms with van der Waals surface area (Å²) in [7, 11) is -3.31. The maximum absolute atomic E-state index is 11.8. The third-order valence-corrected chi connectivity index (χ3v) is 4.01. The van der Waals surface area contributed by atoms with E-state index in [9.17, 15) is 8.42 Å². The van der Waals surface area contributed by atoms with Crippen molar-refractivity contribution >= 4 is 15.7 Å². The number of aliphatic hydroxyl groups excluding tert-OH is 1. The molecule has 0 heterocycles. The number of benzene rings is 1. The second kappa shape index (κ2) is 6.60. The average molecular weight is 281 g/mol. The Labute approximate surface area is 114 Å². The number of hydrogen-bond donors (Lipinski definition) is 2. The minimum atomic E-state index is -3.31. The molecule has 2 N–H and O–H groups in total. The highest BCUT2D eigenvalue weighted by Gasteiger charge is 2.13. The Balaban J connectivity index is 2.90. The van der Waals surface area contributed by atoms with Crippen molar-refractivity contribution in [2.75, 3.05) is 17.1 Å². The van der Waals surface area contributed by atoms with Crippen LogP contribution in [0.15, 0.2) is 18.2 Å². The van der Waals surface area contributed by atoms with Crippen LogP contribution in [-0.2, 0) is 10.0 Å². The smallest absolute Gasteiger partial charge is 0.232 e. The molecule has 0 aliphatic rings. The van der Waals surface area contributed by atoms with Gasteiger partial charge in [0.2, 0.25) is 10.0 Å². The van der Waals surface area contributed by atoms with Crippen LogP contribution in [0.3, 0.4) is 0 Å². The molecule has 0 atom stereocenters. The molecule has 0 fully saturated rings. The SMILES string of the molecule is Cc1cc(NS(=O)(=O)CC(C)C)ccc1C#CCO. The highest BCUT2D eigenvalue weighted by Crippen LogP contribution is 2.16. The van der Waals surface area contributed by atoms with E-state index in [4.69, 9.17) is 5.11 Å². The van der Waals surface area contributed by atoms with Gasteiger partial charge in [0.25, 0.3) is 0 Å². The zero-order chi connectivity index (χ0) is 14.5. The summed E-state index contributed by atoms with van der Waals surface area (Å²) in [6.07, 6.45) is 0. The number of nitrogens with one attached hydrogen (secondary N) is 1. The fourth-order valence-electron chi connectivity index (χ4n) is 1.66. The third-order valence-electron chi connectivity index (χ3n) is 2.35. The summed E-state index contributed by atoms with van der Waals surface area (Å²) in [4.78, 5) is 0. The van der Waals surface area contributed by atoms with E-state index in [1.807, 2.05) is 20.8 Å². The second-order valence-corrected chi connectivity index (χ2v) is 6.53. The quantitative estimate of drug-likeness (QED) is 0.826. The lowest BCUT2D eigenvalue weighted by Gasteiger charge is -2.11. The molecule has 0 spiro atoms. The summed E-state index contributed by atoms with van der Waals surface area (Å²) in [5.74, 6) is 5.55. The van der Waals surface area contributed by atoms with Gasteiger partial charge in [-0.05, 0) is 36.6 Å². The molecule has 0 bridgehead atoms. The van der Waals surface area contributed by atoms with Crippen molar-refractivity contribution in [3.05, 3.63) is 29.3 Å². The van der Waals surface area contributed by atoms with E-state index in [0.29, 0.717) is 5.69 Å². The molecule has 4 nitrogen and oxygen atoms in total. The van der Waals surface area contributed by atoms with Gasteiger partial charge in [0.15, 0.2) is 0 Å². The van der Waals surface area contributed by atoms with Crippen LogP contribution in [0.5, 0.6) is 0 Å². The first-order chi connectivity index (χ1) is 8.84. The van der Waals surface area contributed by atoms with E-state index in [1.54, 1.807) is 18.2 Å². The molecule has 1 aromatic rings. The fourth-order valence-corrected chi connectivity index (χ4v) is 3.11. The summed E-state index contributed by atoms with van der Waals surface area (Å²) in [6, 6.07) is 5.15. The maximum Gasteiger partial charge on any atom is 0.232 e. The van der Waals surface area contributed by atoms with E-state index < -0.39 is 10.0 Å². The molecule has 1 rings (SSSR count). The standard InChI is InChI=1S/C14H19NO3S/c1-11(2)10-19(17,18)15-14-7-6-13(5-4-8-16)12(3)9-14/h6-7,9,11,15-16H,8,10H2,1-3H3. The molecule has 0 unspecified atom stereocenters. The van der Waals surface area contributed by atoms with E-state index in [2.05, 4.69) is 16.6 Å². The van der Waals surface area contributed by atoms with Crippen LogP contribution in [0.4, 0.5) is 5.69 Å². The minimum Gasteiger partial charge on any atom is -0.384 e. The number of anilines is 1. The minimum absolute atomic E-state index is 0.0771. The van der Waals surface area contributed by atoms with Crippen molar-refractivity contribution in [1.82, 2.24) is 0 Å². The zero-order valence-electron chi connectivity index (χ0n) is 11.4. The molecule has 104 valence electrons. The molecule has 0 amide bonds. The molecule has 0 radical (unpaired) electrons. The van der Waals surface area contributed by atoms with Crippen LogP contribution in [0, 0.1) is 24.7 Å². The molecule has 0 saturated carbocycles. The largest absolute Gasteiger partial charge is 0.384 e. The molecule has 0 aromatic heterocycles. The first-order valence-electron chi connectivity index (χ1n) is 6.05. The Hall–Kier alpha value is -1.51. The second-order valence-electron chi connectivity index (χ2n) is 4.77. The van der Waals surface area contributed by atoms with Gasteiger partial charge in [-0.15, -0.1) is 0 Å². The highest BCUT2D eigenvalue weighted by atomic mass is 32.2. The number of hydrogen-bond acceptors (Lipinski definition) is 3. The van der Waals surface area contributed by atoms with Crippen molar-refractivity contribution in [2.24, 2.45) is 5.92 Å². The van der Waals surface area contributed by atoms with Gasteiger partial charge in [0.1, 0.15) is 6.61 Å². The Morgan fingerprint density at radius 3 is 2.58 bits per heavy atom. The van der Waals surface area contributed by atoms with Crippen molar-refractivity contribution in [3.63, 3.8) is 0 Å². The number of sulfonamides is 1. The van der Waals surface area contributed by atoms with Crippen molar-refractivity contribution < 1.29 is 13.5 Å². The van der Waals surface area contributed by atoms with Gasteiger partial charge in [0, 0.05) is 11.3 Å². The van der Waals surface area contributed by atoms with Crippen LogP contribution in [-0.4, -0.2) is 25.9 Å². The molecule has 0 aliphatic carbocycles. The third kappa shape index (κ3) is 5.33.